The van der Waals surface area contributed by atoms with Gasteiger partial charge in [0.05, 0.1) is 13.2 Å². The molecule has 0 saturated heterocycles. The van der Waals surface area contributed by atoms with E-state index in [1.807, 2.05) is 38.1 Å². The van der Waals surface area contributed by atoms with Crippen molar-refractivity contribution < 1.29 is 18.9 Å². The summed E-state index contributed by atoms with van der Waals surface area (Å²) in [5, 5.41) is 0. The Labute approximate surface area is 208 Å². The van der Waals surface area contributed by atoms with Gasteiger partial charge in [0.25, 0.3) is 0 Å². The van der Waals surface area contributed by atoms with Gasteiger partial charge in [-0.15, -0.1) is 0 Å². The molecule has 0 aliphatic carbocycles. The molecule has 0 fully saturated rings. The van der Waals surface area contributed by atoms with Crippen LogP contribution in [0.25, 0.3) is 22.3 Å². The summed E-state index contributed by atoms with van der Waals surface area (Å²) < 4.78 is 24.4. The Morgan fingerprint density at radius 3 is 1.68 bits per heavy atom. The highest BCUT2D eigenvalue weighted by Gasteiger charge is 2.14. The Bertz CT molecular complexity index is 990. The summed E-state index contributed by atoms with van der Waals surface area (Å²) in [5.41, 5.74) is 4.67. The predicted molar refractivity (Wildman–Crippen MR) is 141 cm³/mol. The van der Waals surface area contributed by atoms with Crippen LogP contribution in [0.3, 0.4) is 0 Å². The van der Waals surface area contributed by atoms with Crippen molar-refractivity contribution in [2.45, 2.75) is 18.7 Å². The van der Waals surface area contributed by atoms with Gasteiger partial charge in [-0.2, -0.15) is 0 Å². The van der Waals surface area contributed by atoms with E-state index in [4.69, 9.17) is 18.9 Å². The number of nitrogens with zero attached hydrogens (tertiary/aromatic N) is 1. The standard InChI is InChI=1S/C28H35NO4S/c1-5-30-18-20-32-24-14-10-22(11-15-24)26-8-7-9-27(34-29(3)4)28(26)23-12-16-25(17-13-23)33-21-19-31-6-2/h7-17H,5-6,18-21H2,1-4H3. The average molecular weight is 482 g/mol. The Morgan fingerprint density at radius 1 is 0.647 bits per heavy atom. The maximum atomic E-state index is 5.81. The normalized spacial score (nSPS) is 11.1. The van der Waals surface area contributed by atoms with Crippen molar-refractivity contribution in [3.63, 3.8) is 0 Å². The molecule has 0 aliphatic heterocycles. The van der Waals surface area contributed by atoms with Gasteiger partial charge in [-0.3, -0.25) is 4.31 Å². The Kier molecular flexibility index (Phi) is 10.8. The highest BCUT2D eigenvalue weighted by atomic mass is 32.2. The minimum atomic E-state index is 0.546. The fourth-order valence-corrected chi connectivity index (χ4v) is 4.37. The number of rotatable bonds is 14. The summed E-state index contributed by atoms with van der Waals surface area (Å²) in [7, 11) is 4.12. The van der Waals surface area contributed by atoms with Gasteiger partial charge in [-0.1, -0.05) is 36.4 Å². The number of benzene rings is 3. The minimum absolute atomic E-state index is 0.546. The quantitative estimate of drug-likeness (QED) is 0.195. The van der Waals surface area contributed by atoms with Crippen molar-refractivity contribution in [1.29, 1.82) is 0 Å². The average Bonchev–Trinajstić information content (AvgIpc) is 2.85. The van der Waals surface area contributed by atoms with E-state index in [0.29, 0.717) is 39.6 Å². The summed E-state index contributed by atoms with van der Waals surface area (Å²) in [6, 6.07) is 23.0. The first-order chi connectivity index (χ1) is 16.6. The van der Waals surface area contributed by atoms with Crippen LogP contribution in [0, 0.1) is 0 Å². The van der Waals surface area contributed by atoms with Crippen LogP contribution >= 0.6 is 11.9 Å². The van der Waals surface area contributed by atoms with Crippen LogP contribution in [0.15, 0.2) is 71.6 Å². The van der Waals surface area contributed by atoms with Crippen LogP contribution in [-0.2, 0) is 9.47 Å². The second kappa shape index (κ2) is 14.0. The minimum Gasteiger partial charge on any atom is -0.491 e. The molecule has 0 aliphatic rings. The first kappa shape index (κ1) is 26.1. The molecule has 34 heavy (non-hydrogen) atoms. The highest BCUT2D eigenvalue weighted by molar-refractivity contribution is 7.97. The maximum Gasteiger partial charge on any atom is 0.119 e. The molecule has 3 aromatic carbocycles. The Hall–Kier alpha value is -2.51. The molecule has 0 saturated carbocycles. The SMILES string of the molecule is CCOCCOc1ccc(-c2cccc(SN(C)C)c2-c2ccc(OCCOCC)cc2)cc1. The largest absolute Gasteiger partial charge is 0.491 e. The van der Waals surface area contributed by atoms with E-state index < -0.39 is 0 Å². The third-order valence-corrected chi connectivity index (χ3v) is 5.92. The lowest BCUT2D eigenvalue weighted by Gasteiger charge is -2.18. The lowest BCUT2D eigenvalue weighted by molar-refractivity contribution is 0.110. The van der Waals surface area contributed by atoms with E-state index in [1.165, 1.54) is 16.0 Å². The third kappa shape index (κ3) is 7.77. The molecule has 0 atom stereocenters. The molecular formula is C28H35NO4S. The molecule has 3 aromatic rings. The van der Waals surface area contributed by atoms with Gasteiger partial charge in [0, 0.05) is 23.7 Å². The molecule has 0 radical (unpaired) electrons. The summed E-state index contributed by atoms with van der Waals surface area (Å²) in [6.07, 6.45) is 0. The lowest BCUT2D eigenvalue weighted by Crippen LogP contribution is -2.06. The zero-order chi connectivity index (χ0) is 24.2. The number of hydrogen-bond acceptors (Lipinski definition) is 6. The summed E-state index contributed by atoms with van der Waals surface area (Å²) in [6.45, 7) is 7.65. The van der Waals surface area contributed by atoms with Gasteiger partial charge < -0.3 is 18.9 Å². The smallest absolute Gasteiger partial charge is 0.119 e. The number of hydrogen-bond donors (Lipinski definition) is 0. The summed E-state index contributed by atoms with van der Waals surface area (Å²) >= 11 is 1.72. The molecule has 0 unspecified atom stereocenters. The summed E-state index contributed by atoms with van der Waals surface area (Å²) in [5.74, 6) is 1.69. The van der Waals surface area contributed by atoms with E-state index in [9.17, 15) is 0 Å². The second-order valence-corrected chi connectivity index (χ2v) is 9.07. The van der Waals surface area contributed by atoms with Crippen molar-refractivity contribution in [1.82, 2.24) is 4.31 Å². The number of ether oxygens (including phenoxy) is 4. The third-order valence-electron chi connectivity index (χ3n) is 5.02. The molecule has 0 N–H and O–H groups in total. The van der Waals surface area contributed by atoms with Crippen molar-refractivity contribution in [2.75, 3.05) is 53.7 Å². The van der Waals surface area contributed by atoms with Crippen LogP contribution in [0.4, 0.5) is 0 Å². The van der Waals surface area contributed by atoms with E-state index in [1.54, 1.807) is 11.9 Å². The van der Waals surface area contributed by atoms with Gasteiger partial charge in [-0.25, -0.2) is 0 Å². The molecule has 5 nitrogen and oxygen atoms in total. The van der Waals surface area contributed by atoms with Crippen molar-refractivity contribution >= 4 is 11.9 Å². The van der Waals surface area contributed by atoms with Gasteiger partial charge in [0.15, 0.2) is 0 Å². The fraction of sp³-hybridized carbons (Fsp3) is 0.357. The van der Waals surface area contributed by atoms with E-state index >= 15 is 0 Å². The Balaban J connectivity index is 1.86. The molecule has 3 rings (SSSR count). The summed E-state index contributed by atoms with van der Waals surface area (Å²) in [4.78, 5) is 1.20. The lowest BCUT2D eigenvalue weighted by atomic mass is 9.94. The first-order valence-corrected chi connectivity index (χ1v) is 12.5. The van der Waals surface area contributed by atoms with Crippen molar-refractivity contribution in [2.24, 2.45) is 0 Å². The monoisotopic (exact) mass is 481 g/mol. The van der Waals surface area contributed by atoms with Gasteiger partial charge >= 0.3 is 0 Å². The van der Waals surface area contributed by atoms with Gasteiger partial charge in [0.1, 0.15) is 24.7 Å². The zero-order valence-electron chi connectivity index (χ0n) is 20.6. The van der Waals surface area contributed by atoms with E-state index in [-0.39, 0.29) is 0 Å². The highest BCUT2D eigenvalue weighted by Crippen LogP contribution is 2.40. The van der Waals surface area contributed by atoms with Gasteiger partial charge in [0.2, 0.25) is 0 Å². The zero-order valence-corrected chi connectivity index (χ0v) is 21.4. The van der Waals surface area contributed by atoms with E-state index in [2.05, 4.69) is 60.9 Å². The first-order valence-electron chi connectivity index (χ1n) is 11.7. The van der Waals surface area contributed by atoms with E-state index in [0.717, 1.165) is 22.6 Å². The predicted octanol–water partition coefficient (Wildman–Crippen LogP) is 6.42. The molecule has 0 amide bonds. The maximum absolute atomic E-state index is 5.81. The molecular weight excluding hydrogens is 446 g/mol. The van der Waals surface area contributed by atoms with Crippen LogP contribution in [0.1, 0.15) is 13.8 Å². The van der Waals surface area contributed by atoms with Crippen LogP contribution in [0.2, 0.25) is 0 Å². The molecule has 0 heterocycles. The molecule has 182 valence electrons. The molecule has 0 aromatic heterocycles. The van der Waals surface area contributed by atoms with Crippen LogP contribution in [0.5, 0.6) is 11.5 Å². The van der Waals surface area contributed by atoms with Crippen LogP contribution in [-0.4, -0.2) is 58.0 Å². The van der Waals surface area contributed by atoms with Crippen molar-refractivity contribution in [3.8, 4) is 33.8 Å². The van der Waals surface area contributed by atoms with Crippen molar-refractivity contribution in [3.05, 3.63) is 66.7 Å². The Morgan fingerprint density at radius 2 is 1.18 bits per heavy atom. The molecule has 0 spiro atoms. The van der Waals surface area contributed by atoms with Crippen LogP contribution < -0.4 is 9.47 Å². The molecule has 6 heteroatoms. The fourth-order valence-electron chi connectivity index (χ4n) is 3.52. The van der Waals surface area contributed by atoms with Gasteiger partial charge in [-0.05, 0) is 86.9 Å². The second-order valence-electron chi connectivity index (χ2n) is 7.72. The molecule has 0 bridgehead atoms. The topological polar surface area (TPSA) is 40.2 Å².